The number of aliphatic hydroxyl groups is 1. The second-order valence-corrected chi connectivity index (χ2v) is 5.96. The van der Waals surface area contributed by atoms with Crippen LogP contribution in [0.2, 0.25) is 0 Å². The maximum Gasteiger partial charge on any atom is 0.122 e. The zero-order valence-corrected chi connectivity index (χ0v) is 11.5. The lowest BCUT2D eigenvalue weighted by Crippen LogP contribution is -2.50. The second-order valence-electron chi connectivity index (χ2n) is 5.96. The Kier molecular flexibility index (Phi) is 3.80. The average Bonchev–Trinajstić information content (AvgIpc) is 2.71. The molecule has 0 spiro atoms. The number of hydrogen-bond acceptors (Lipinski definition) is 4. The van der Waals surface area contributed by atoms with Crippen molar-refractivity contribution < 1.29 is 9.52 Å². The molecule has 4 nitrogen and oxygen atoms in total. The molecule has 2 heterocycles. The first kappa shape index (κ1) is 13.6. The summed E-state index contributed by atoms with van der Waals surface area (Å²) in [5.74, 6) is 1.85. The molecule has 0 bridgehead atoms. The van der Waals surface area contributed by atoms with Gasteiger partial charge in [0.05, 0.1) is 12.1 Å². The van der Waals surface area contributed by atoms with Crippen LogP contribution in [0.3, 0.4) is 0 Å². The lowest BCUT2D eigenvalue weighted by atomic mass is 9.80. The molecule has 4 heteroatoms. The van der Waals surface area contributed by atoms with Crippen LogP contribution in [0.5, 0.6) is 0 Å². The lowest BCUT2D eigenvalue weighted by Gasteiger charge is -2.44. The highest BCUT2D eigenvalue weighted by molar-refractivity contribution is 5.11. The summed E-state index contributed by atoms with van der Waals surface area (Å²) < 4.78 is 5.70. The summed E-state index contributed by atoms with van der Waals surface area (Å²) in [6, 6.07) is 4.10. The predicted octanol–water partition coefficient (Wildman–Crippen LogP) is 1.68. The summed E-state index contributed by atoms with van der Waals surface area (Å²) in [5, 5.41) is 10.0. The number of hydrogen-bond donors (Lipinski definition) is 2. The zero-order chi connectivity index (χ0) is 13.3. The maximum absolute atomic E-state index is 10.0. The molecule has 102 valence electrons. The highest BCUT2D eigenvalue weighted by atomic mass is 16.3. The molecule has 1 aliphatic heterocycles. The first-order valence-corrected chi connectivity index (χ1v) is 6.62. The highest BCUT2D eigenvalue weighted by Crippen LogP contribution is 2.34. The molecule has 0 saturated carbocycles. The van der Waals surface area contributed by atoms with Gasteiger partial charge >= 0.3 is 0 Å². The van der Waals surface area contributed by atoms with Crippen molar-refractivity contribution in [2.24, 2.45) is 11.1 Å². The molecule has 0 amide bonds. The Bertz CT molecular complexity index is 400. The molecule has 0 aliphatic carbocycles. The third-order valence-electron chi connectivity index (χ3n) is 3.96. The predicted molar refractivity (Wildman–Crippen MR) is 71.2 cm³/mol. The van der Waals surface area contributed by atoms with E-state index in [9.17, 15) is 5.11 Å². The highest BCUT2D eigenvalue weighted by Gasteiger charge is 2.37. The molecule has 1 aromatic heterocycles. The molecule has 0 aromatic carbocycles. The van der Waals surface area contributed by atoms with E-state index in [0.29, 0.717) is 6.54 Å². The van der Waals surface area contributed by atoms with Gasteiger partial charge in [-0.15, -0.1) is 0 Å². The zero-order valence-electron chi connectivity index (χ0n) is 11.5. The van der Waals surface area contributed by atoms with Gasteiger partial charge in [0.2, 0.25) is 0 Å². The van der Waals surface area contributed by atoms with Crippen LogP contribution < -0.4 is 5.73 Å². The minimum absolute atomic E-state index is 0.0900. The van der Waals surface area contributed by atoms with Gasteiger partial charge in [-0.2, -0.15) is 0 Å². The van der Waals surface area contributed by atoms with Crippen molar-refractivity contribution in [2.75, 3.05) is 19.6 Å². The number of aliphatic hydroxyl groups excluding tert-OH is 1. The van der Waals surface area contributed by atoms with Crippen LogP contribution in [0, 0.1) is 12.3 Å². The molecule has 1 aromatic rings. The summed E-state index contributed by atoms with van der Waals surface area (Å²) in [6.45, 7) is 8.40. The quantitative estimate of drug-likeness (QED) is 0.859. The molecule has 0 radical (unpaired) electrons. The van der Waals surface area contributed by atoms with Gasteiger partial charge in [0.1, 0.15) is 11.5 Å². The van der Waals surface area contributed by atoms with Crippen molar-refractivity contribution in [3.05, 3.63) is 23.7 Å². The summed E-state index contributed by atoms with van der Waals surface area (Å²) in [5.41, 5.74) is 5.81. The molecular weight excluding hydrogens is 228 g/mol. The number of rotatable bonds is 3. The van der Waals surface area contributed by atoms with Crippen LogP contribution in [0.15, 0.2) is 16.5 Å². The van der Waals surface area contributed by atoms with Crippen LogP contribution in [-0.4, -0.2) is 35.7 Å². The van der Waals surface area contributed by atoms with E-state index in [1.54, 1.807) is 0 Å². The van der Waals surface area contributed by atoms with E-state index in [1.165, 1.54) is 0 Å². The van der Waals surface area contributed by atoms with Gasteiger partial charge in [0.25, 0.3) is 0 Å². The van der Waals surface area contributed by atoms with E-state index in [0.717, 1.165) is 31.0 Å². The fourth-order valence-electron chi connectivity index (χ4n) is 2.73. The van der Waals surface area contributed by atoms with Crippen LogP contribution in [0.4, 0.5) is 0 Å². The van der Waals surface area contributed by atoms with Gasteiger partial charge in [0, 0.05) is 25.0 Å². The molecule has 1 saturated heterocycles. The van der Waals surface area contributed by atoms with Gasteiger partial charge in [-0.05, 0) is 25.5 Å². The Labute approximate surface area is 109 Å². The Balaban J connectivity index is 2.14. The lowest BCUT2D eigenvalue weighted by molar-refractivity contribution is -0.0401. The van der Waals surface area contributed by atoms with E-state index < -0.39 is 0 Å². The monoisotopic (exact) mass is 252 g/mol. The second kappa shape index (κ2) is 5.03. The number of nitrogens with two attached hydrogens (primary N) is 1. The number of nitrogens with zero attached hydrogens (tertiary/aromatic N) is 1. The standard InChI is InChI=1S/C14H24N2O2/c1-10-4-5-12(18-10)11(8-15)16-7-6-13(17)14(2,3)9-16/h4-5,11,13,17H,6-9,15H2,1-3H3. The Morgan fingerprint density at radius 3 is 2.78 bits per heavy atom. The fourth-order valence-corrected chi connectivity index (χ4v) is 2.73. The molecule has 1 aliphatic rings. The van der Waals surface area contributed by atoms with Gasteiger partial charge in [0.15, 0.2) is 0 Å². The summed E-state index contributed by atoms with van der Waals surface area (Å²) in [7, 11) is 0. The van der Waals surface area contributed by atoms with Crippen molar-refractivity contribution in [3.8, 4) is 0 Å². The summed E-state index contributed by atoms with van der Waals surface area (Å²) >= 11 is 0. The number of piperidine rings is 1. The van der Waals surface area contributed by atoms with Gasteiger partial charge in [-0.3, -0.25) is 4.90 Å². The normalized spacial score (nSPS) is 26.2. The molecule has 2 unspecified atom stereocenters. The molecule has 1 fully saturated rings. The first-order chi connectivity index (χ1) is 8.44. The molecule has 18 heavy (non-hydrogen) atoms. The number of furan rings is 1. The van der Waals surface area contributed by atoms with E-state index in [1.807, 2.05) is 19.1 Å². The molecular formula is C14H24N2O2. The van der Waals surface area contributed by atoms with E-state index in [-0.39, 0.29) is 17.6 Å². The smallest absolute Gasteiger partial charge is 0.122 e. The molecule has 3 N–H and O–H groups in total. The number of aryl methyl sites for hydroxylation is 1. The van der Waals surface area contributed by atoms with Crippen LogP contribution in [0.25, 0.3) is 0 Å². The largest absolute Gasteiger partial charge is 0.465 e. The van der Waals surface area contributed by atoms with E-state index in [4.69, 9.17) is 10.2 Å². The third-order valence-corrected chi connectivity index (χ3v) is 3.96. The topological polar surface area (TPSA) is 62.6 Å². The van der Waals surface area contributed by atoms with Crippen molar-refractivity contribution in [1.82, 2.24) is 4.90 Å². The van der Waals surface area contributed by atoms with Crippen molar-refractivity contribution >= 4 is 0 Å². The fraction of sp³-hybridized carbons (Fsp3) is 0.714. The van der Waals surface area contributed by atoms with Gasteiger partial charge in [-0.1, -0.05) is 13.8 Å². The molecule has 2 rings (SSSR count). The minimum Gasteiger partial charge on any atom is -0.465 e. The molecule has 2 atom stereocenters. The average molecular weight is 252 g/mol. The van der Waals surface area contributed by atoms with Crippen LogP contribution >= 0.6 is 0 Å². The van der Waals surface area contributed by atoms with Crippen molar-refractivity contribution in [3.63, 3.8) is 0 Å². The van der Waals surface area contributed by atoms with Gasteiger partial charge < -0.3 is 15.3 Å². The first-order valence-electron chi connectivity index (χ1n) is 6.62. The number of likely N-dealkylation sites (tertiary alicyclic amines) is 1. The van der Waals surface area contributed by atoms with Crippen LogP contribution in [-0.2, 0) is 0 Å². The Hall–Kier alpha value is -0.840. The SMILES string of the molecule is Cc1ccc(C(CN)N2CCC(O)C(C)(C)C2)o1. The van der Waals surface area contributed by atoms with Crippen LogP contribution in [0.1, 0.15) is 37.8 Å². The van der Waals surface area contributed by atoms with E-state index >= 15 is 0 Å². The summed E-state index contributed by atoms with van der Waals surface area (Å²) in [6.07, 6.45) is 0.564. The minimum atomic E-state index is -0.231. The Morgan fingerprint density at radius 2 is 2.28 bits per heavy atom. The van der Waals surface area contributed by atoms with Gasteiger partial charge in [-0.25, -0.2) is 0 Å². The Morgan fingerprint density at radius 1 is 1.56 bits per heavy atom. The third kappa shape index (κ3) is 2.60. The van der Waals surface area contributed by atoms with E-state index in [2.05, 4.69) is 18.7 Å². The van der Waals surface area contributed by atoms with Crippen molar-refractivity contribution in [1.29, 1.82) is 0 Å². The van der Waals surface area contributed by atoms with Crippen molar-refractivity contribution in [2.45, 2.75) is 39.3 Å². The maximum atomic E-state index is 10.0. The summed E-state index contributed by atoms with van der Waals surface area (Å²) in [4.78, 5) is 2.32.